The minimum atomic E-state index is -3.51. The van der Waals surface area contributed by atoms with Crippen molar-refractivity contribution in [3.8, 4) is 5.75 Å². The van der Waals surface area contributed by atoms with Crippen LogP contribution in [0.1, 0.15) is 127 Å². The molecule has 3 unspecified atom stereocenters. The monoisotopic (exact) mass is 571 g/mol. The summed E-state index contributed by atoms with van der Waals surface area (Å²) in [5, 5.41) is 21.0. The molecule has 1 aromatic rings. The Balaban J connectivity index is 1.34. The maximum Gasteiger partial charge on any atom is 0.215 e. The Bertz CT molecular complexity index is 1230. The molecule has 0 aromatic heterocycles. The summed E-state index contributed by atoms with van der Waals surface area (Å²) in [5.74, 6) is 1.43. The zero-order chi connectivity index (χ0) is 28.3. The molecule has 7 heteroatoms. The van der Waals surface area contributed by atoms with E-state index in [1.165, 1.54) is 18.9 Å². The molecule has 0 spiro atoms. The van der Waals surface area contributed by atoms with Crippen molar-refractivity contribution >= 4 is 15.8 Å². The van der Waals surface area contributed by atoms with Crippen LogP contribution in [0.2, 0.25) is 0 Å². The lowest BCUT2D eigenvalue weighted by atomic mass is 9.69. The van der Waals surface area contributed by atoms with Gasteiger partial charge in [-0.2, -0.15) is 4.31 Å². The summed E-state index contributed by atoms with van der Waals surface area (Å²) < 4.78 is 38.4. The number of benzene rings is 1. The molecule has 4 fully saturated rings. The predicted molar refractivity (Wildman–Crippen MR) is 159 cm³/mol. The Labute approximate surface area is 241 Å². The van der Waals surface area contributed by atoms with Crippen LogP contribution in [0.15, 0.2) is 18.2 Å². The van der Waals surface area contributed by atoms with Crippen LogP contribution >= 0.6 is 0 Å². The molecule has 0 saturated heterocycles. The number of ether oxygens (including phenoxy) is 1. The lowest BCUT2D eigenvalue weighted by Crippen LogP contribution is -2.55. The number of aliphatic hydroxyl groups is 2. The Morgan fingerprint density at radius 3 is 2.17 bits per heavy atom. The highest BCUT2D eigenvalue weighted by Crippen LogP contribution is 2.67. The van der Waals surface area contributed by atoms with Crippen LogP contribution in [0, 0.1) is 16.7 Å². The number of hydrogen-bond acceptors (Lipinski definition) is 5. The van der Waals surface area contributed by atoms with E-state index in [9.17, 15) is 18.6 Å². The van der Waals surface area contributed by atoms with Crippen molar-refractivity contribution in [3.63, 3.8) is 0 Å². The Kier molecular flexibility index (Phi) is 7.57. The Hall–Kier alpha value is -1.57. The highest BCUT2D eigenvalue weighted by Gasteiger charge is 2.67. The average Bonchev–Trinajstić information content (AvgIpc) is 3.43. The number of rotatable bonds is 8. The minimum Gasteiger partial charge on any atom is -0.508 e. The molecular formula is C33H49NO5S. The highest BCUT2D eigenvalue weighted by atomic mass is 32.2. The van der Waals surface area contributed by atoms with Gasteiger partial charge in [-0.05, 0) is 80.9 Å². The maximum absolute atomic E-state index is 14.7. The van der Waals surface area contributed by atoms with Crippen LogP contribution in [0.3, 0.4) is 0 Å². The first-order chi connectivity index (χ1) is 19.1. The summed E-state index contributed by atoms with van der Waals surface area (Å²) >= 11 is 0. The predicted octanol–water partition coefficient (Wildman–Crippen LogP) is 7.07. The molecule has 4 atom stereocenters. The first-order valence-corrected chi connectivity index (χ1v) is 17.6. The minimum absolute atomic E-state index is 0.109. The first-order valence-electron chi connectivity index (χ1n) is 16.0. The lowest BCUT2D eigenvalue weighted by Gasteiger charge is -2.46. The van der Waals surface area contributed by atoms with Crippen LogP contribution in [-0.4, -0.2) is 46.9 Å². The number of aliphatic hydroxyl groups excluding tert-OH is 2. The lowest BCUT2D eigenvalue weighted by molar-refractivity contribution is 0.0301. The van der Waals surface area contributed by atoms with Gasteiger partial charge in [0.15, 0.2) is 0 Å². The quantitative estimate of drug-likeness (QED) is 0.349. The van der Waals surface area contributed by atoms with Gasteiger partial charge in [-0.15, -0.1) is 0 Å². The molecule has 4 saturated carbocycles. The summed E-state index contributed by atoms with van der Waals surface area (Å²) in [6, 6.07) is 4.03. The fourth-order valence-electron chi connectivity index (χ4n) is 9.49. The molecule has 6 nitrogen and oxygen atoms in total. The molecule has 40 heavy (non-hydrogen) atoms. The van der Waals surface area contributed by atoms with Crippen molar-refractivity contribution in [2.45, 2.75) is 135 Å². The summed E-state index contributed by atoms with van der Waals surface area (Å²) in [6.45, 7) is 6.61. The molecule has 0 amide bonds. The topological polar surface area (TPSA) is 87.1 Å². The second-order valence-corrected chi connectivity index (χ2v) is 15.9. The van der Waals surface area contributed by atoms with E-state index < -0.39 is 21.5 Å². The number of nitrogens with zero attached hydrogens (tertiary/aromatic N) is 1. The normalized spacial score (nSPS) is 32.4. The molecule has 1 aromatic carbocycles. The van der Waals surface area contributed by atoms with Gasteiger partial charge in [0, 0.05) is 34.2 Å². The van der Waals surface area contributed by atoms with E-state index in [0.29, 0.717) is 17.9 Å². The second-order valence-electron chi connectivity index (χ2n) is 14.0. The molecule has 2 N–H and O–H groups in total. The van der Waals surface area contributed by atoms with Gasteiger partial charge in [0.2, 0.25) is 10.0 Å². The van der Waals surface area contributed by atoms with E-state index >= 15 is 0 Å². The van der Waals surface area contributed by atoms with Gasteiger partial charge in [0.05, 0.1) is 5.75 Å². The molecule has 2 bridgehead atoms. The molecule has 5 aliphatic carbocycles. The van der Waals surface area contributed by atoms with Gasteiger partial charge in [0.1, 0.15) is 23.7 Å². The molecule has 0 heterocycles. The van der Waals surface area contributed by atoms with Gasteiger partial charge in [0.25, 0.3) is 0 Å². The average molecular weight is 572 g/mol. The number of hydrogen-bond donors (Lipinski definition) is 2. The third kappa shape index (κ3) is 4.53. The van der Waals surface area contributed by atoms with Crippen LogP contribution in [-0.2, 0) is 16.4 Å². The van der Waals surface area contributed by atoms with Gasteiger partial charge in [-0.25, -0.2) is 8.42 Å². The van der Waals surface area contributed by atoms with Gasteiger partial charge in [-0.1, -0.05) is 59.3 Å². The fourth-order valence-corrected chi connectivity index (χ4v) is 12.3. The van der Waals surface area contributed by atoms with E-state index in [-0.39, 0.29) is 35.1 Å². The van der Waals surface area contributed by atoms with E-state index in [0.717, 1.165) is 87.5 Å². The van der Waals surface area contributed by atoms with Gasteiger partial charge in [-0.3, -0.25) is 0 Å². The van der Waals surface area contributed by atoms with Crippen molar-refractivity contribution in [2.75, 3.05) is 5.75 Å². The summed E-state index contributed by atoms with van der Waals surface area (Å²) in [6.07, 6.45) is 14.8. The Morgan fingerprint density at radius 2 is 1.60 bits per heavy atom. The van der Waals surface area contributed by atoms with Crippen molar-refractivity contribution in [2.24, 2.45) is 16.7 Å². The van der Waals surface area contributed by atoms with Crippen LogP contribution in [0.25, 0.3) is 5.76 Å². The van der Waals surface area contributed by atoms with Crippen molar-refractivity contribution in [3.05, 3.63) is 34.9 Å². The number of sulfonamides is 1. The van der Waals surface area contributed by atoms with E-state index in [1.807, 2.05) is 23.4 Å². The van der Waals surface area contributed by atoms with Crippen LogP contribution < -0.4 is 4.74 Å². The smallest absolute Gasteiger partial charge is 0.215 e. The molecule has 0 radical (unpaired) electrons. The standard InChI is InChI=1S/C33H49NO5S/c1-4-25-29(16-15-26-27(35)20-28(36)31(25)26)39-30-19-22-17-18-33(30,32(22,2)3)21-40(37,38)34(23-11-7-5-8-12-23)24-13-9-6-10-14-24/h15-16,20,22-24,28,30,35-36H,4-14,17-19,21H2,1-3H3/t22-,28?,30?,33?/m0/s1. The van der Waals surface area contributed by atoms with E-state index in [4.69, 9.17) is 4.74 Å². The zero-order valence-corrected chi connectivity index (χ0v) is 25.5. The highest BCUT2D eigenvalue weighted by molar-refractivity contribution is 7.89. The molecule has 0 aliphatic heterocycles. The molecule has 5 aliphatic rings. The van der Waals surface area contributed by atoms with Crippen molar-refractivity contribution < 1.29 is 23.4 Å². The van der Waals surface area contributed by atoms with Crippen molar-refractivity contribution in [1.82, 2.24) is 4.31 Å². The van der Waals surface area contributed by atoms with E-state index in [2.05, 4.69) is 13.8 Å². The molecule has 6 rings (SSSR count). The largest absolute Gasteiger partial charge is 0.508 e. The number of fused-ring (bicyclic) bond motifs is 3. The third-order valence-electron chi connectivity index (χ3n) is 11.8. The van der Waals surface area contributed by atoms with E-state index in [1.54, 1.807) is 0 Å². The summed E-state index contributed by atoms with van der Waals surface area (Å²) in [7, 11) is -3.51. The van der Waals surface area contributed by atoms with Crippen LogP contribution in [0.4, 0.5) is 0 Å². The first kappa shape index (κ1) is 28.5. The summed E-state index contributed by atoms with van der Waals surface area (Å²) in [5.41, 5.74) is 1.70. The zero-order valence-electron chi connectivity index (χ0n) is 24.7. The van der Waals surface area contributed by atoms with Gasteiger partial charge < -0.3 is 14.9 Å². The summed E-state index contributed by atoms with van der Waals surface area (Å²) in [4.78, 5) is 0. The van der Waals surface area contributed by atoms with Gasteiger partial charge >= 0.3 is 0 Å². The van der Waals surface area contributed by atoms with Crippen LogP contribution in [0.5, 0.6) is 5.75 Å². The second kappa shape index (κ2) is 10.6. The fraction of sp³-hybridized carbons (Fsp3) is 0.758. The Morgan fingerprint density at radius 1 is 0.975 bits per heavy atom. The molecule has 222 valence electrons. The molecular weight excluding hydrogens is 522 g/mol. The third-order valence-corrected chi connectivity index (χ3v) is 13.9. The maximum atomic E-state index is 14.7. The van der Waals surface area contributed by atoms with Crippen molar-refractivity contribution in [1.29, 1.82) is 0 Å². The SMILES string of the molecule is CCc1c(OC2C[C@@H]3CCC2(CS(=O)(=O)N(C2CCCCC2)C2CCCCC2)C3(C)C)ccc2c1C(O)C=C2O.